The van der Waals surface area contributed by atoms with Crippen molar-refractivity contribution in [1.29, 1.82) is 5.26 Å². The van der Waals surface area contributed by atoms with Gasteiger partial charge in [0.2, 0.25) is 5.91 Å². The van der Waals surface area contributed by atoms with E-state index in [2.05, 4.69) is 5.32 Å². The highest BCUT2D eigenvalue weighted by Crippen LogP contribution is 2.42. The van der Waals surface area contributed by atoms with E-state index in [1.165, 1.54) is 0 Å². The third kappa shape index (κ3) is 6.10. The normalized spacial score (nSPS) is 26.9. The molecule has 1 aromatic carbocycles. The van der Waals surface area contributed by atoms with Gasteiger partial charge >= 0.3 is 18.4 Å². The van der Waals surface area contributed by atoms with Crippen molar-refractivity contribution in [1.82, 2.24) is 10.2 Å². The van der Waals surface area contributed by atoms with E-state index in [9.17, 15) is 49.6 Å². The van der Waals surface area contributed by atoms with E-state index in [-0.39, 0.29) is 25.7 Å². The molecule has 39 heavy (non-hydrogen) atoms. The third-order valence-electron chi connectivity index (χ3n) is 7.52. The fourth-order valence-corrected chi connectivity index (χ4v) is 6.99. The summed E-state index contributed by atoms with van der Waals surface area (Å²) in [4.78, 5) is 25.7. The molecule has 0 aromatic heterocycles. The van der Waals surface area contributed by atoms with Crippen LogP contribution in [0, 0.1) is 23.2 Å². The maximum absolute atomic E-state index is 13.6. The number of hydrogen-bond acceptors (Lipinski definition) is 6. The van der Waals surface area contributed by atoms with E-state index < -0.39 is 86.5 Å². The van der Waals surface area contributed by atoms with E-state index in [1.54, 1.807) is 0 Å². The van der Waals surface area contributed by atoms with E-state index in [4.69, 9.17) is 4.74 Å². The predicted octanol–water partition coefficient (Wildman–Crippen LogP) is 4.56. The van der Waals surface area contributed by atoms with Crippen molar-refractivity contribution < 1.29 is 49.1 Å². The lowest BCUT2D eigenvalue weighted by atomic mass is 9.81. The summed E-state index contributed by atoms with van der Waals surface area (Å²) in [5.41, 5.74) is -2.54. The van der Waals surface area contributed by atoms with Crippen LogP contribution in [0.25, 0.3) is 0 Å². The van der Waals surface area contributed by atoms with Gasteiger partial charge < -0.3 is 15.0 Å². The van der Waals surface area contributed by atoms with Gasteiger partial charge in [0, 0.05) is 18.9 Å². The first-order valence-electron chi connectivity index (χ1n) is 12.2. The number of nitriles is 1. The predicted molar refractivity (Wildman–Crippen MR) is 121 cm³/mol. The van der Waals surface area contributed by atoms with Gasteiger partial charge in [-0.3, -0.25) is 4.79 Å². The molecule has 1 aliphatic heterocycles. The number of carbonyl (C=O) groups excluding carboxylic acids is 2. The molecule has 0 unspecified atom stereocenters. The number of ether oxygens (including phenoxy) is 1. The number of sulfone groups is 1. The zero-order chi connectivity index (χ0) is 28.8. The van der Waals surface area contributed by atoms with Crippen molar-refractivity contribution in [2.45, 2.75) is 79.2 Å². The Morgan fingerprint density at radius 1 is 1.05 bits per heavy atom. The Kier molecular flexibility index (Phi) is 7.57. The van der Waals surface area contributed by atoms with E-state index in [1.807, 2.05) is 6.07 Å². The number of benzene rings is 1. The second-order valence-corrected chi connectivity index (χ2v) is 12.4. The highest BCUT2D eigenvalue weighted by Gasteiger charge is 2.51. The van der Waals surface area contributed by atoms with Crippen LogP contribution in [0.3, 0.4) is 0 Å². The van der Waals surface area contributed by atoms with Gasteiger partial charge in [-0.2, -0.15) is 31.6 Å². The van der Waals surface area contributed by atoms with E-state index in [0.29, 0.717) is 18.9 Å². The molecule has 1 aromatic rings. The third-order valence-corrected chi connectivity index (χ3v) is 9.71. The first kappa shape index (κ1) is 29.0. The van der Waals surface area contributed by atoms with Crippen LogP contribution < -0.4 is 5.32 Å². The van der Waals surface area contributed by atoms with Crippen molar-refractivity contribution in [2.75, 3.05) is 6.54 Å². The lowest BCUT2D eigenvalue weighted by Crippen LogP contribution is -2.46. The summed E-state index contributed by atoms with van der Waals surface area (Å²) >= 11 is 0. The van der Waals surface area contributed by atoms with E-state index in [0.717, 1.165) is 23.1 Å². The van der Waals surface area contributed by atoms with Gasteiger partial charge in [0.05, 0.1) is 27.7 Å². The molecule has 2 aliphatic carbocycles. The lowest BCUT2D eigenvalue weighted by Gasteiger charge is -2.33. The summed E-state index contributed by atoms with van der Waals surface area (Å²) in [6, 6.07) is 5.46. The van der Waals surface area contributed by atoms with Gasteiger partial charge in [0.1, 0.15) is 5.54 Å². The van der Waals surface area contributed by atoms with Crippen LogP contribution in [-0.4, -0.2) is 55.1 Å². The average molecular weight is 582 g/mol. The topological polar surface area (TPSA) is 117 Å². The molecule has 1 heterocycles. The van der Waals surface area contributed by atoms with Crippen molar-refractivity contribution in [3.63, 3.8) is 0 Å². The second-order valence-electron chi connectivity index (χ2n) is 10.2. The molecule has 0 bridgehead atoms. The van der Waals surface area contributed by atoms with Gasteiger partial charge in [0.15, 0.2) is 16.1 Å². The van der Waals surface area contributed by atoms with Gasteiger partial charge in [-0.1, -0.05) is 12.1 Å². The molecule has 0 spiro atoms. The van der Waals surface area contributed by atoms with Crippen molar-refractivity contribution in [3.05, 3.63) is 29.8 Å². The maximum atomic E-state index is 13.6. The Hall–Kier alpha value is -3.02. The van der Waals surface area contributed by atoms with Gasteiger partial charge in [0.25, 0.3) is 0 Å². The highest BCUT2D eigenvalue weighted by atomic mass is 32.2. The number of hydrogen-bond donors (Lipinski definition) is 1. The van der Waals surface area contributed by atoms with Crippen LogP contribution in [-0.2, 0) is 25.5 Å². The van der Waals surface area contributed by atoms with Crippen molar-refractivity contribution in [2.24, 2.45) is 11.8 Å². The highest BCUT2D eigenvalue weighted by molar-refractivity contribution is 7.92. The van der Waals surface area contributed by atoms with Crippen molar-refractivity contribution >= 4 is 21.8 Å². The number of amides is 2. The summed E-state index contributed by atoms with van der Waals surface area (Å²) < 4.78 is 112. The number of likely N-dealkylation sites (tertiary alicyclic amines) is 1. The Balaban J connectivity index is 1.58. The second kappa shape index (κ2) is 10.2. The molecule has 1 saturated heterocycles. The fourth-order valence-electron chi connectivity index (χ4n) is 5.10. The first-order valence-corrected chi connectivity index (χ1v) is 13.8. The van der Waals surface area contributed by atoms with Crippen LogP contribution >= 0.6 is 0 Å². The lowest BCUT2D eigenvalue weighted by molar-refractivity contribution is -0.186. The molecule has 2 amide bonds. The number of nitrogens with one attached hydrogen (secondary N) is 1. The molecule has 3 aliphatic rings. The standard InChI is InChI=1S/C24H25F6N3O5S/c25-23(26,27)15-7-5-14(6-8-15)20(34)33-12-16(11-19(33)38-21(35)32-22(13-31)9-10-22)39(36,37)18-4-2-1-3-17(18)24(28,29)30/h1-4,14-16,19H,5-12H2,(H,32,35)/t14?,15?,16-,19+/m1/s1. The Bertz CT molecular complexity index is 1260. The summed E-state index contributed by atoms with van der Waals surface area (Å²) in [5, 5.41) is 9.94. The zero-order valence-corrected chi connectivity index (χ0v) is 21.2. The minimum absolute atomic E-state index is 0.135. The van der Waals surface area contributed by atoms with Crippen LogP contribution in [0.5, 0.6) is 0 Å². The average Bonchev–Trinajstić information content (AvgIpc) is 3.51. The number of alkyl halides is 6. The van der Waals surface area contributed by atoms with Gasteiger partial charge in [-0.15, -0.1) is 0 Å². The molecular formula is C24H25F6N3O5S. The molecule has 15 heteroatoms. The first-order chi connectivity index (χ1) is 18.1. The largest absolute Gasteiger partial charge is 0.425 e. The number of nitrogens with zero attached hydrogens (tertiary/aromatic N) is 2. The van der Waals surface area contributed by atoms with Gasteiger partial charge in [-0.05, 0) is 50.7 Å². The minimum atomic E-state index is -4.99. The number of carbonyl (C=O) groups is 2. The molecule has 4 rings (SSSR count). The van der Waals surface area contributed by atoms with Crippen LogP contribution in [0.2, 0.25) is 0 Å². The molecular weight excluding hydrogens is 556 g/mol. The SMILES string of the molecule is N#CC1(NC(=O)O[C@H]2C[C@@H](S(=O)(=O)c3ccccc3C(F)(F)F)CN2C(=O)C2CCC(C(F)(F)F)CC2)CC1. The van der Waals surface area contributed by atoms with Crippen molar-refractivity contribution in [3.8, 4) is 6.07 Å². The summed E-state index contributed by atoms with van der Waals surface area (Å²) in [6.07, 6.45) is -12.8. The maximum Gasteiger partial charge on any atom is 0.417 e. The quantitative estimate of drug-likeness (QED) is 0.510. The number of rotatable bonds is 5. The molecule has 8 nitrogen and oxygen atoms in total. The number of alkyl carbamates (subject to hydrolysis) is 1. The van der Waals surface area contributed by atoms with E-state index >= 15 is 0 Å². The van der Waals surface area contributed by atoms with Gasteiger partial charge in [-0.25, -0.2) is 13.2 Å². The number of halogens is 6. The molecule has 2 saturated carbocycles. The molecule has 1 N–H and O–H groups in total. The van der Waals surface area contributed by atoms with Crippen LogP contribution in [0.4, 0.5) is 31.1 Å². The molecule has 2 atom stereocenters. The summed E-state index contributed by atoms with van der Waals surface area (Å²) in [5.74, 6) is -3.22. The monoisotopic (exact) mass is 581 g/mol. The summed E-state index contributed by atoms with van der Waals surface area (Å²) in [7, 11) is -4.70. The van der Waals surface area contributed by atoms with Crippen LogP contribution in [0.1, 0.15) is 50.5 Å². The smallest absolute Gasteiger partial charge is 0.417 e. The Morgan fingerprint density at radius 2 is 1.67 bits per heavy atom. The molecule has 3 fully saturated rings. The van der Waals surface area contributed by atoms with Crippen LogP contribution in [0.15, 0.2) is 29.2 Å². The minimum Gasteiger partial charge on any atom is -0.425 e. The molecule has 214 valence electrons. The Morgan fingerprint density at radius 3 is 2.21 bits per heavy atom. The fraction of sp³-hybridized carbons (Fsp3) is 0.625. The molecule has 0 radical (unpaired) electrons. The Labute approximate surface area is 220 Å². The zero-order valence-electron chi connectivity index (χ0n) is 20.4. The summed E-state index contributed by atoms with van der Waals surface area (Å²) in [6.45, 7) is -0.617.